The molecule has 1 fully saturated rings. The fourth-order valence-electron chi connectivity index (χ4n) is 2.98. The first-order chi connectivity index (χ1) is 12.5. The molecule has 2 heterocycles. The Morgan fingerprint density at radius 3 is 3.00 bits per heavy atom. The van der Waals surface area contributed by atoms with Gasteiger partial charge in [-0.05, 0) is 24.1 Å². The largest absolute Gasteiger partial charge is 0.497 e. The van der Waals surface area contributed by atoms with Crippen molar-refractivity contribution < 1.29 is 14.3 Å². The van der Waals surface area contributed by atoms with Gasteiger partial charge in [0.05, 0.1) is 19.6 Å². The molecule has 0 aliphatic carbocycles. The summed E-state index contributed by atoms with van der Waals surface area (Å²) in [5, 5.41) is 8.74. The second-order valence-corrected chi connectivity index (χ2v) is 6.20. The van der Waals surface area contributed by atoms with Crippen molar-refractivity contribution in [2.45, 2.75) is 25.9 Å². The summed E-state index contributed by atoms with van der Waals surface area (Å²) in [6, 6.07) is 7.52. The first-order valence-electron chi connectivity index (χ1n) is 8.37. The maximum absolute atomic E-state index is 12.4. The molecule has 1 aromatic carbocycles. The average Bonchev–Trinajstić information content (AvgIpc) is 3.07. The molecular formula is C17H21N5O4. The summed E-state index contributed by atoms with van der Waals surface area (Å²) in [6.45, 7) is 0.934. The summed E-state index contributed by atoms with van der Waals surface area (Å²) in [5.74, 6) is 0.687. The molecule has 0 spiro atoms. The number of rotatable bonds is 6. The van der Waals surface area contributed by atoms with Gasteiger partial charge in [-0.2, -0.15) is 5.10 Å². The first-order valence-corrected chi connectivity index (χ1v) is 8.37. The topological polar surface area (TPSA) is 120 Å². The number of aromatic nitrogens is 3. The number of benzene rings is 1. The SMILES string of the molecule is COc1cccc(CN2C[C@@H](C(=O)NCc3n[nH]c(=O)[nH]3)CCC2=O)c1. The molecule has 0 bridgehead atoms. The van der Waals surface area contributed by atoms with Gasteiger partial charge < -0.3 is 15.0 Å². The number of carbonyl (C=O) groups excluding carboxylic acids is 2. The predicted octanol–water partition coefficient (Wildman–Crippen LogP) is 0.162. The molecule has 0 unspecified atom stereocenters. The highest BCUT2D eigenvalue weighted by Crippen LogP contribution is 2.21. The number of hydrogen-bond acceptors (Lipinski definition) is 5. The van der Waals surface area contributed by atoms with Gasteiger partial charge in [0.15, 0.2) is 0 Å². The molecule has 1 aliphatic heterocycles. The van der Waals surface area contributed by atoms with Gasteiger partial charge in [-0.1, -0.05) is 12.1 Å². The molecule has 1 aliphatic rings. The van der Waals surface area contributed by atoms with Gasteiger partial charge in [-0.15, -0.1) is 0 Å². The molecule has 1 atom stereocenters. The van der Waals surface area contributed by atoms with Crippen LogP contribution in [-0.2, 0) is 22.7 Å². The van der Waals surface area contributed by atoms with Gasteiger partial charge in [0, 0.05) is 19.5 Å². The number of likely N-dealkylation sites (tertiary alicyclic amines) is 1. The Kier molecular flexibility index (Phi) is 5.35. The highest BCUT2D eigenvalue weighted by molar-refractivity contribution is 5.83. The van der Waals surface area contributed by atoms with Crippen LogP contribution < -0.4 is 15.7 Å². The van der Waals surface area contributed by atoms with Crippen LogP contribution in [0.3, 0.4) is 0 Å². The molecule has 3 rings (SSSR count). The van der Waals surface area contributed by atoms with Gasteiger partial charge in [-0.3, -0.25) is 14.6 Å². The Morgan fingerprint density at radius 1 is 1.42 bits per heavy atom. The Bertz CT molecular complexity index is 843. The second-order valence-electron chi connectivity index (χ2n) is 6.20. The summed E-state index contributed by atoms with van der Waals surface area (Å²) in [5.41, 5.74) is 0.537. The van der Waals surface area contributed by atoms with Gasteiger partial charge in [0.25, 0.3) is 0 Å². The van der Waals surface area contributed by atoms with E-state index in [-0.39, 0.29) is 24.3 Å². The number of nitrogens with zero attached hydrogens (tertiary/aromatic N) is 2. The lowest BCUT2D eigenvalue weighted by molar-refractivity contribution is -0.139. The van der Waals surface area contributed by atoms with E-state index < -0.39 is 5.69 Å². The van der Waals surface area contributed by atoms with Crippen molar-refractivity contribution in [2.75, 3.05) is 13.7 Å². The molecule has 9 nitrogen and oxygen atoms in total. The lowest BCUT2D eigenvalue weighted by Gasteiger charge is -2.32. The molecule has 9 heteroatoms. The summed E-state index contributed by atoms with van der Waals surface area (Å²) in [7, 11) is 1.60. The van der Waals surface area contributed by atoms with Crippen LogP contribution in [-0.4, -0.2) is 45.6 Å². The molecule has 1 saturated heterocycles. The number of piperidine rings is 1. The third-order valence-corrected chi connectivity index (χ3v) is 4.36. The van der Waals surface area contributed by atoms with Crippen LogP contribution in [0.2, 0.25) is 0 Å². The second kappa shape index (κ2) is 7.85. The molecule has 26 heavy (non-hydrogen) atoms. The maximum Gasteiger partial charge on any atom is 0.340 e. The lowest BCUT2D eigenvalue weighted by Crippen LogP contribution is -2.45. The van der Waals surface area contributed by atoms with Gasteiger partial charge in [0.1, 0.15) is 11.6 Å². The smallest absolute Gasteiger partial charge is 0.340 e. The first kappa shape index (κ1) is 17.7. The summed E-state index contributed by atoms with van der Waals surface area (Å²) < 4.78 is 5.20. The zero-order chi connectivity index (χ0) is 18.5. The van der Waals surface area contributed by atoms with Crippen molar-refractivity contribution >= 4 is 11.8 Å². The number of H-pyrrole nitrogens is 2. The molecule has 0 radical (unpaired) electrons. The number of carbonyl (C=O) groups is 2. The monoisotopic (exact) mass is 359 g/mol. The van der Waals surface area contributed by atoms with Gasteiger partial charge >= 0.3 is 5.69 Å². The Balaban J connectivity index is 1.58. The van der Waals surface area contributed by atoms with E-state index >= 15 is 0 Å². The van der Waals surface area contributed by atoms with E-state index in [0.717, 1.165) is 11.3 Å². The number of methoxy groups -OCH3 is 1. The number of aromatic amines is 2. The minimum atomic E-state index is -0.415. The van der Waals surface area contributed by atoms with Crippen molar-refractivity contribution in [1.29, 1.82) is 0 Å². The van der Waals surface area contributed by atoms with Crippen LogP contribution in [0.4, 0.5) is 0 Å². The van der Waals surface area contributed by atoms with Gasteiger partial charge in [0.2, 0.25) is 11.8 Å². The molecule has 1 aromatic heterocycles. The van der Waals surface area contributed by atoms with E-state index in [2.05, 4.69) is 20.5 Å². The van der Waals surface area contributed by atoms with Crippen molar-refractivity contribution in [3.8, 4) is 5.75 Å². The Morgan fingerprint density at radius 2 is 2.27 bits per heavy atom. The number of hydrogen-bond donors (Lipinski definition) is 3. The van der Waals surface area contributed by atoms with Crippen molar-refractivity contribution in [3.63, 3.8) is 0 Å². The minimum absolute atomic E-state index is 0.0356. The fraction of sp³-hybridized carbons (Fsp3) is 0.412. The van der Waals surface area contributed by atoms with Crippen LogP contribution >= 0.6 is 0 Å². The Hall–Kier alpha value is -3.10. The normalized spacial score (nSPS) is 17.2. The van der Waals surface area contributed by atoms with Gasteiger partial charge in [-0.25, -0.2) is 9.89 Å². The predicted molar refractivity (Wildman–Crippen MR) is 92.2 cm³/mol. The van der Waals surface area contributed by atoms with Crippen molar-refractivity contribution in [3.05, 3.63) is 46.1 Å². The highest BCUT2D eigenvalue weighted by Gasteiger charge is 2.30. The average molecular weight is 359 g/mol. The number of ether oxygens (including phenoxy) is 1. The van der Waals surface area contributed by atoms with Crippen molar-refractivity contribution in [1.82, 2.24) is 25.4 Å². The molecule has 0 saturated carbocycles. The van der Waals surface area contributed by atoms with Crippen LogP contribution in [0.25, 0.3) is 0 Å². The van der Waals surface area contributed by atoms with E-state index in [1.807, 2.05) is 24.3 Å². The molecule has 2 aromatic rings. The standard InChI is InChI=1S/C17H21N5O4/c1-26-13-4-2-3-11(7-13)9-22-10-12(5-6-15(22)23)16(24)18-8-14-19-17(25)21-20-14/h2-4,7,12H,5-6,8-10H2,1H3,(H,18,24)(H2,19,20,21,25)/t12-/m0/s1. The van der Waals surface area contributed by atoms with E-state index in [0.29, 0.717) is 31.8 Å². The van der Waals surface area contributed by atoms with E-state index in [1.165, 1.54) is 0 Å². The minimum Gasteiger partial charge on any atom is -0.497 e. The quantitative estimate of drug-likeness (QED) is 0.679. The van der Waals surface area contributed by atoms with E-state index in [1.54, 1.807) is 12.0 Å². The number of amides is 2. The third-order valence-electron chi connectivity index (χ3n) is 4.36. The van der Waals surface area contributed by atoms with Crippen LogP contribution in [0.5, 0.6) is 5.75 Å². The fourth-order valence-corrected chi connectivity index (χ4v) is 2.98. The molecular weight excluding hydrogens is 338 g/mol. The number of nitrogens with one attached hydrogen (secondary N) is 3. The van der Waals surface area contributed by atoms with Crippen LogP contribution in [0, 0.1) is 5.92 Å². The summed E-state index contributed by atoms with van der Waals surface area (Å²) >= 11 is 0. The molecule has 2 amide bonds. The molecule has 138 valence electrons. The maximum atomic E-state index is 12.4. The zero-order valence-electron chi connectivity index (χ0n) is 14.4. The summed E-state index contributed by atoms with van der Waals surface area (Å²) in [6.07, 6.45) is 0.845. The Labute approximate surface area is 149 Å². The van der Waals surface area contributed by atoms with Crippen molar-refractivity contribution in [2.24, 2.45) is 5.92 Å². The van der Waals surface area contributed by atoms with E-state index in [4.69, 9.17) is 4.74 Å². The lowest BCUT2D eigenvalue weighted by atomic mass is 9.96. The van der Waals surface area contributed by atoms with Crippen LogP contribution in [0.1, 0.15) is 24.2 Å². The third kappa shape index (κ3) is 4.29. The van der Waals surface area contributed by atoms with Crippen LogP contribution in [0.15, 0.2) is 29.1 Å². The highest BCUT2D eigenvalue weighted by atomic mass is 16.5. The zero-order valence-corrected chi connectivity index (χ0v) is 14.4. The summed E-state index contributed by atoms with van der Waals surface area (Å²) in [4.78, 5) is 39.8. The van der Waals surface area contributed by atoms with E-state index in [9.17, 15) is 14.4 Å². The molecule has 3 N–H and O–H groups in total.